The van der Waals surface area contributed by atoms with Crippen LogP contribution in [-0.4, -0.2) is 16.9 Å². The largest absolute Gasteiger partial charge is 0.440 e. The van der Waals surface area contributed by atoms with Gasteiger partial charge in [-0.2, -0.15) is 0 Å². The van der Waals surface area contributed by atoms with Crippen LogP contribution < -0.4 is 11.1 Å². The predicted octanol–water partition coefficient (Wildman–Crippen LogP) is 3.95. The van der Waals surface area contributed by atoms with Gasteiger partial charge in [0.25, 0.3) is 0 Å². The molecule has 3 N–H and O–H groups in total. The number of nitrogens with zero attached hydrogens (tertiary/aromatic N) is 1. The molecule has 0 aliphatic heterocycles. The Morgan fingerprint density at radius 2 is 2.00 bits per heavy atom. The average Bonchev–Trinajstić information content (AvgIpc) is 3.25. The van der Waals surface area contributed by atoms with E-state index < -0.39 is 6.04 Å². The van der Waals surface area contributed by atoms with E-state index in [0.29, 0.717) is 18.3 Å². The Bertz CT molecular complexity index is 678. The lowest BCUT2D eigenvalue weighted by molar-refractivity contribution is -0.117. The van der Waals surface area contributed by atoms with Gasteiger partial charge in [0, 0.05) is 17.2 Å². The SMILES string of the molecule is CC(C)C[C@H](N)C(=O)Nc1ccc(-c2cnc(C3CC3)o2)cc1.Cl. The molecule has 6 heteroatoms. The average molecular weight is 350 g/mol. The van der Waals surface area contributed by atoms with Crippen molar-refractivity contribution in [2.24, 2.45) is 11.7 Å². The number of nitrogens with one attached hydrogen (secondary N) is 1. The summed E-state index contributed by atoms with van der Waals surface area (Å²) in [6.45, 7) is 4.10. The molecule has 130 valence electrons. The van der Waals surface area contributed by atoms with Crippen LogP contribution in [0.1, 0.15) is 44.9 Å². The van der Waals surface area contributed by atoms with E-state index in [2.05, 4.69) is 24.1 Å². The minimum Gasteiger partial charge on any atom is -0.440 e. The zero-order chi connectivity index (χ0) is 16.4. The second-order valence-electron chi connectivity index (χ2n) is 6.64. The smallest absolute Gasteiger partial charge is 0.241 e. The number of carbonyl (C=O) groups is 1. The third-order valence-electron chi connectivity index (χ3n) is 3.95. The van der Waals surface area contributed by atoms with Crippen LogP contribution in [-0.2, 0) is 4.79 Å². The van der Waals surface area contributed by atoms with Gasteiger partial charge >= 0.3 is 0 Å². The van der Waals surface area contributed by atoms with Crippen molar-refractivity contribution in [2.45, 2.75) is 45.1 Å². The van der Waals surface area contributed by atoms with Crippen LogP contribution in [0.2, 0.25) is 0 Å². The van der Waals surface area contributed by atoms with Crippen molar-refractivity contribution < 1.29 is 9.21 Å². The lowest BCUT2D eigenvalue weighted by Crippen LogP contribution is -2.36. The summed E-state index contributed by atoms with van der Waals surface area (Å²) in [4.78, 5) is 16.3. The standard InChI is InChI=1S/C18H23N3O2.ClH/c1-11(2)9-15(19)17(22)21-14-7-5-12(6-8-14)16-10-20-18(23-16)13-3-4-13;/h5-8,10-11,13,15H,3-4,9,19H2,1-2H3,(H,21,22);1H/t15-;/m0./s1. The fraction of sp³-hybridized carbons (Fsp3) is 0.444. The number of aromatic nitrogens is 1. The number of rotatable bonds is 6. The van der Waals surface area contributed by atoms with E-state index in [-0.39, 0.29) is 18.3 Å². The molecule has 1 aliphatic rings. The fourth-order valence-corrected chi connectivity index (χ4v) is 2.51. The maximum Gasteiger partial charge on any atom is 0.241 e. The second-order valence-corrected chi connectivity index (χ2v) is 6.64. The van der Waals surface area contributed by atoms with Gasteiger partial charge in [0.1, 0.15) is 0 Å². The Kier molecular flexibility index (Phi) is 6.02. The summed E-state index contributed by atoms with van der Waals surface area (Å²) in [5.41, 5.74) is 7.58. The quantitative estimate of drug-likeness (QED) is 0.827. The van der Waals surface area contributed by atoms with E-state index in [4.69, 9.17) is 10.2 Å². The van der Waals surface area contributed by atoms with E-state index in [9.17, 15) is 4.79 Å². The predicted molar refractivity (Wildman–Crippen MR) is 97.2 cm³/mol. The van der Waals surface area contributed by atoms with E-state index in [0.717, 1.165) is 22.9 Å². The number of hydrogen-bond acceptors (Lipinski definition) is 4. The maximum absolute atomic E-state index is 12.0. The zero-order valence-electron chi connectivity index (χ0n) is 14.0. The van der Waals surface area contributed by atoms with Crippen LogP contribution in [0.3, 0.4) is 0 Å². The van der Waals surface area contributed by atoms with Crippen molar-refractivity contribution in [2.75, 3.05) is 5.32 Å². The maximum atomic E-state index is 12.0. The number of halogens is 1. The molecule has 5 nitrogen and oxygen atoms in total. The van der Waals surface area contributed by atoms with Crippen LogP contribution in [0, 0.1) is 5.92 Å². The van der Waals surface area contributed by atoms with E-state index in [1.807, 2.05) is 24.3 Å². The first-order valence-corrected chi connectivity index (χ1v) is 8.15. The van der Waals surface area contributed by atoms with Gasteiger partial charge in [-0.05, 0) is 49.4 Å². The monoisotopic (exact) mass is 349 g/mol. The van der Waals surface area contributed by atoms with Crippen molar-refractivity contribution in [3.05, 3.63) is 36.4 Å². The van der Waals surface area contributed by atoms with Crippen molar-refractivity contribution >= 4 is 24.0 Å². The summed E-state index contributed by atoms with van der Waals surface area (Å²) in [7, 11) is 0. The molecule has 3 rings (SSSR count). The second kappa shape index (κ2) is 7.81. The summed E-state index contributed by atoms with van der Waals surface area (Å²) in [6, 6.07) is 7.07. The van der Waals surface area contributed by atoms with Crippen LogP contribution in [0.25, 0.3) is 11.3 Å². The van der Waals surface area contributed by atoms with Crippen molar-refractivity contribution in [1.29, 1.82) is 0 Å². The van der Waals surface area contributed by atoms with Crippen LogP contribution >= 0.6 is 12.4 Å². The van der Waals surface area contributed by atoms with Gasteiger partial charge in [-0.15, -0.1) is 12.4 Å². The van der Waals surface area contributed by atoms with Crippen LogP contribution in [0.15, 0.2) is 34.9 Å². The first-order chi connectivity index (χ1) is 11.0. The van der Waals surface area contributed by atoms with Crippen molar-refractivity contribution in [3.63, 3.8) is 0 Å². The molecule has 1 aromatic heterocycles. The number of anilines is 1. The lowest BCUT2D eigenvalue weighted by Gasteiger charge is -2.14. The first-order valence-electron chi connectivity index (χ1n) is 8.15. The normalized spacial score (nSPS) is 15.0. The van der Waals surface area contributed by atoms with Crippen LogP contribution in [0.5, 0.6) is 0 Å². The summed E-state index contributed by atoms with van der Waals surface area (Å²) in [5.74, 6) is 2.34. The summed E-state index contributed by atoms with van der Waals surface area (Å²) >= 11 is 0. The van der Waals surface area contributed by atoms with Gasteiger partial charge in [0.05, 0.1) is 12.2 Å². The molecule has 0 spiro atoms. The van der Waals surface area contributed by atoms with Gasteiger partial charge < -0.3 is 15.5 Å². The summed E-state index contributed by atoms with van der Waals surface area (Å²) in [6.07, 6.45) is 4.77. The first kappa shape index (κ1) is 18.5. The minimum atomic E-state index is -0.481. The molecule has 0 bridgehead atoms. The molecule has 2 aromatic rings. The Morgan fingerprint density at radius 1 is 1.33 bits per heavy atom. The Balaban J connectivity index is 0.00000208. The molecule has 1 saturated carbocycles. The number of oxazole rings is 1. The molecular formula is C18H24ClN3O2. The third-order valence-corrected chi connectivity index (χ3v) is 3.95. The summed E-state index contributed by atoms with van der Waals surface area (Å²) < 4.78 is 5.78. The minimum absolute atomic E-state index is 0. The van der Waals surface area contributed by atoms with Gasteiger partial charge in [0.15, 0.2) is 11.7 Å². The van der Waals surface area contributed by atoms with Gasteiger partial charge in [-0.1, -0.05) is 13.8 Å². The number of nitrogens with two attached hydrogens (primary N) is 1. The molecule has 24 heavy (non-hydrogen) atoms. The molecule has 1 amide bonds. The molecule has 1 aromatic carbocycles. The molecule has 0 radical (unpaired) electrons. The highest BCUT2D eigenvalue weighted by Gasteiger charge is 2.28. The number of benzene rings is 1. The molecule has 1 fully saturated rings. The van der Waals surface area contributed by atoms with E-state index in [1.54, 1.807) is 6.20 Å². The molecule has 1 aliphatic carbocycles. The molecular weight excluding hydrogens is 326 g/mol. The highest BCUT2D eigenvalue weighted by atomic mass is 35.5. The summed E-state index contributed by atoms with van der Waals surface area (Å²) in [5, 5.41) is 2.85. The van der Waals surface area contributed by atoms with Crippen molar-refractivity contribution in [1.82, 2.24) is 4.98 Å². The van der Waals surface area contributed by atoms with Gasteiger partial charge in [0.2, 0.25) is 5.91 Å². The van der Waals surface area contributed by atoms with Gasteiger partial charge in [-0.3, -0.25) is 4.79 Å². The molecule has 0 unspecified atom stereocenters. The van der Waals surface area contributed by atoms with E-state index >= 15 is 0 Å². The Labute approximate surface area is 148 Å². The molecule has 0 saturated heterocycles. The highest BCUT2D eigenvalue weighted by molar-refractivity contribution is 5.94. The van der Waals surface area contributed by atoms with Crippen LogP contribution in [0.4, 0.5) is 5.69 Å². The van der Waals surface area contributed by atoms with Gasteiger partial charge in [-0.25, -0.2) is 4.98 Å². The molecule has 1 atom stereocenters. The van der Waals surface area contributed by atoms with Crippen molar-refractivity contribution in [3.8, 4) is 11.3 Å². The third kappa shape index (κ3) is 4.58. The topological polar surface area (TPSA) is 81.2 Å². The Morgan fingerprint density at radius 3 is 2.58 bits per heavy atom. The molecule has 1 heterocycles. The highest BCUT2D eigenvalue weighted by Crippen LogP contribution is 2.40. The van der Waals surface area contributed by atoms with E-state index in [1.165, 1.54) is 12.8 Å². The fourth-order valence-electron chi connectivity index (χ4n) is 2.51. The lowest BCUT2D eigenvalue weighted by atomic mass is 10.0. The Hall–Kier alpha value is -1.85. The number of carbonyl (C=O) groups excluding carboxylic acids is 1. The zero-order valence-corrected chi connectivity index (χ0v) is 14.8. The number of hydrogen-bond donors (Lipinski definition) is 2. The number of amides is 1.